The molecular formula is C25H21BrFNO2. The molecule has 0 fully saturated rings. The van der Waals surface area contributed by atoms with Crippen molar-refractivity contribution in [1.29, 1.82) is 5.26 Å². The van der Waals surface area contributed by atoms with Gasteiger partial charge >= 0.3 is 0 Å². The van der Waals surface area contributed by atoms with Crippen LogP contribution in [-0.4, -0.2) is 6.61 Å². The minimum Gasteiger partial charge on any atom is -0.490 e. The largest absolute Gasteiger partial charge is 0.490 e. The van der Waals surface area contributed by atoms with Crippen LogP contribution >= 0.6 is 15.9 Å². The smallest absolute Gasteiger partial charge is 0.162 e. The summed E-state index contributed by atoms with van der Waals surface area (Å²) < 4.78 is 26.6. The molecular weight excluding hydrogens is 445 g/mol. The summed E-state index contributed by atoms with van der Waals surface area (Å²) in [7, 11) is 0. The van der Waals surface area contributed by atoms with Crippen molar-refractivity contribution < 1.29 is 13.9 Å². The van der Waals surface area contributed by atoms with Crippen molar-refractivity contribution in [2.75, 3.05) is 6.61 Å². The summed E-state index contributed by atoms with van der Waals surface area (Å²) in [5, 5.41) is 9.56. The quantitative estimate of drug-likeness (QED) is 0.280. The van der Waals surface area contributed by atoms with Gasteiger partial charge < -0.3 is 9.47 Å². The number of nitriles is 1. The first-order chi connectivity index (χ1) is 14.5. The number of ether oxygens (including phenoxy) is 2. The van der Waals surface area contributed by atoms with Crippen LogP contribution in [0.25, 0.3) is 11.6 Å². The lowest BCUT2D eigenvalue weighted by Crippen LogP contribution is -2.00. The third-order valence-electron chi connectivity index (χ3n) is 4.46. The van der Waals surface area contributed by atoms with Crippen LogP contribution in [0, 0.1) is 24.1 Å². The molecule has 0 unspecified atom stereocenters. The summed E-state index contributed by atoms with van der Waals surface area (Å²) in [6.45, 7) is 4.80. The maximum absolute atomic E-state index is 14.1. The van der Waals surface area contributed by atoms with Crippen LogP contribution in [0.1, 0.15) is 29.2 Å². The van der Waals surface area contributed by atoms with Crippen LogP contribution in [0.2, 0.25) is 0 Å². The molecule has 5 heteroatoms. The number of nitrogens with zero attached hydrogens (tertiary/aromatic N) is 1. The Bertz CT molecular complexity index is 1100. The van der Waals surface area contributed by atoms with Gasteiger partial charge in [0.05, 0.1) is 18.2 Å². The number of aryl methyl sites for hydroxylation is 1. The van der Waals surface area contributed by atoms with E-state index in [1.165, 1.54) is 11.6 Å². The zero-order valence-corrected chi connectivity index (χ0v) is 18.4. The Morgan fingerprint density at radius 2 is 1.77 bits per heavy atom. The lowest BCUT2D eigenvalue weighted by Gasteiger charge is -2.14. The van der Waals surface area contributed by atoms with Gasteiger partial charge in [-0.3, -0.25) is 0 Å². The first-order valence-electron chi connectivity index (χ1n) is 9.53. The fourth-order valence-electron chi connectivity index (χ4n) is 2.89. The molecule has 152 valence electrons. The van der Waals surface area contributed by atoms with Gasteiger partial charge in [0.2, 0.25) is 0 Å². The van der Waals surface area contributed by atoms with E-state index in [1.54, 1.807) is 36.4 Å². The first kappa shape index (κ1) is 21.6. The molecule has 0 aliphatic heterocycles. The maximum Gasteiger partial charge on any atom is 0.162 e. The molecule has 0 saturated heterocycles. The van der Waals surface area contributed by atoms with Crippen LogP contribution in [0.3, 0.4) is 0 Å². The Balaban J connectivity index is 1.93. The summed E-state index contributed by atoms with van der Waals surface area (Å²) in [5.41, 5.74) is 3.42. The average Bonchev–Trinajstić information content (AvgIpc) is 2.74. The fraction of sp³-hybridized carbons (Fsp3) is 0.160. The molecule has 0 spiro atoms. The third-order valence-corrected chi connectivity index (χ3v) is 5.15. The Labute approximate surface area is 184 Å². The van der Waals surface area contributed by atoms with Crippen molar-refractivity contribution in [3.63, 3.8) is 0 Å². The Hall–Kier alpha value is -3.10. The molecule has 0 atom stereocenters. The van der Waals surface area contributed by atoms with Crippen LogP contribution in [0.15, 0.2) is 65.1 Å². The molecule has 30 heavy (non-hydrogen) atoms. The minimum absolute atomic E-state index is 0.226. The molecule has 0 radical (unpaired) electrons. The summed E-state index contributed by atoms with van der Waals surface area (Å²) in [6, 6.07) is 20.0. The summed E-state index contributed by atoms with van der Waals surface area (Å²) in [6.07, 6.45) is 1.63. The van der Waals surface area contributed by atoms with Crippen LogP contribution < -0.4 is 9.47 Å². The first-order valence-corrected chi connectivity index (χ1v) is 10.3. The second-order valence-electron chi connectivity index (χ2n) is 6.68. The van der Waals surface area contributed by atoms with Gasteiger partial charge in [-0.25, -0.2) is 4.39 Å². The van der Waals surface area contributed by atoms with Gasteiger partial charge in [0.25, 0.3) is 0 Å². The van der Waals surface area contributed by atoms with Crippen molar-refractivity contribution in [2.45, 2.75) is 20.5 Å². The molecule has 0 aliphatic carbocycles. The molecule has 3 rings (SSSR count). The predicted molar refractivity (Wildman–Crippen MR) is 121 cm³/mol. The third kappa shape index (κ3) is 5.28. The van der Waals surface area contributed by atoms with Gasteiger partial charge in [0, 0.05) is 10.0 Å². The monoisotopic (exact) mass is 465 g/mol. The van der Waals surface area contributed by atoms with E-state index >= 15 is 0 Å². The average molecular weight is 466 g/mol. The Morgan fingerprint density at radius 1 is 1.07 bits per heavy atom. The lowest BCUT2D eigenvalue weighted by molar-refractivity contribution is 0.269. The van der Waals surface area contributed by atoms with Crippen molar-refractivity contribution >= 4 is 27.6 Å². The molecule has 0 N–H and O–H groups in total. The SMILES string of the molecule is CCOc1cc(/C=C(/C#N)c2ccccc2F)c(Br)cc1OCc1ccc(C)cc1. The molecule has 0 bridgehead atoms. The highest BCUT2D eigenvalue weighted by atomic mass is 79.9. The van der Waals surface area contributed by atoms with E-state index in [9.17, 15) is 9.65 Å². The number of hydrogen-bond donors (Lipinski definition) is 0. The van der Waals surface area contributed by atoms with Crippen molar-refractivity contribution in [1.82, 2.24) is 0 Å². The van der Waals surface area contributed by atoms with E-state index in [0.29, 0.717) is 34.7 Å². The van der Waals surface area contributed by atoms with E-state index in [1.807, 2.05) is 38.1 Å². The highest BCUT2D eigenvalue weighted by Crippen LogP contribution is 2.36. The molecule has 0 heterocycles. The zero-order chi connectivity index (χ0) is 21.5. The summed E-state index contributed by atoms with van der Waals surface area (Å²) in [5.74, 6) is 0.709. The molecule has 0 aromatic heterocycles. The van der Waals surface area contributed by atoms with Crippen LogP contribution in [0.5, 0.6) is 11.5 Å². The lowest BCUT2D eigenvalue weighted by atomic mass is 10.0. The second-order valence-corrected chi connectivity index (χ2v) is 7.53. The summed E-state index contributed by atoms with van der Waals surface area (Å²) >= 11 is 3.53. The molecule has 0 saturated carbocycles. The molecule has 3 aromatic carbocycles. The Morgan fingerprint density at radius 3 is 2.43 bits per heavy atom. The number of halogens is 2. The van der Waals surface area contributed by atoms with Gasteiger partial charge in [0.15, 0.2) is 11.5 Å². The van der Waals surface area contributed by atoms with Crippen molar-refractivity contribution in [3.05, 3.63) is 93.2 Å². The van der Waals surface area contributed by atoms with E-state index < -0.39 is 5.82 Å². The molecule has 0 aliphatic rings. The second kappa shape index (κ2) is 10.1. The van der Waals surface area contributed by atoms with Gasteiger partial charge in [-0.1, -0.05) is 64.0 Å². The highest BCUT2D eigenvalue weighted by molar-refractivity contribution is 9.10. The molecule has 3 nitrogen and oxygen atoms in total. The van der Waals surface area contributed by atoms with E-state index in [2.05, 4.69) is 22.0 Å². The van der Waals surface area contributed by atoms with Crippen molar-refractivity contribution in [2.24, 2.45) is 0 Å². The summed E-state index contributed by atoms with van der Waals surface area (Å²) in [4.78, 5) is 0. The topological polar surface area (TPSA) is 42.2 Å². The van der Waals surface area contributed by atoms with E-state index in [-0.39, 0.29) is 11.1 Å². The van der Waals surface area contributed by atoms with Crippen LogP contribution in [0.4, 0.5) is 4.39 Å². The molecule has 0 amide bonds. The number of benzene rings is 3. The van der Waals surface area contributed by atoms with Gasteiger partial charge in [0.1, 0.15) is 12.4 Å². The number of hydrogen-bond acceptors (Lipinski definition) is 3. The fourth-order valence-corrected chi connectivity index (χ4v) is 3.33. The number of rotatable bonds is 7. The Kier molecular flexibility index (Phi) is 7.26. The zero-order valence-electron chi connectivity index (χ0n) is 16.8. The van der Waals surface area contributed by atoms with Gasteiger partial charge in [-0.2, -0.15) is 5.26 Å². The normalized spacial score (nSPS) is 11.1. The van der Waals surface area contributed by atoms with Gasteiger partial charge in [-0.15, -0.1) is 0 Å². The van der Waals surface area contributed by atoms with E-state index in [4.69, 9.17) is 9.47 Å². The van der Waals surface area contributed by atoms with Crippen molar-refractivity contribution in [3.8, 4) is 17.6 Å². The minimum atomic E-state index is -0.440. The highest BCUT2D eigenvalue weighted by Gasteiger charge is 2.13. The van der Waals surface area contributed by atoms with Gasteiger partial charge in [-0.05, 0) is 49.2 Å². The standard InChI is InChI=1S/C25H21BrFNO2/c1-3-29-24-13-19(12-20(15-28)21-6-4-5-7-23(21)27)22(26)14-25(24)30-16-18-10-8-17(2)9-11-18/h4-14H,3,16H2,1-2H3/b20-12-. The molecule has 3 aromatic rings. The van der Waals surface area contributed by atoms with E-state index in [0.717, 1.165) is 5.56 Å². The van der Waals surface area contributed by atoms with Crippen LogP contribution in [-0.2, 0) is 6.61 Å². The number of allylic oxidation sites excluding steroid dienone is 1. The predicted octanol–water partition coefficient (Wildman–Crippen LogP) is 6.94. The maximum atomic E-state index is 14.1.